The molecular formula is C45H36Cl2Zr. The van der Waals surface area contributed by atoms with Crippen LogP contribution < -0.4 is 24.8 Å². The molecule has 6 aromatic rings. The van der Waals surface area contributed by atoms with Crippen LogP contribution in [0, 0.1) is 13.8 Å². The van der Waals surface area contributed by atoms with E-state index >= 15 is 0 Å². The van der Waals surface area contributed by atoms with E-state index in [1.807, 2.05) is 0 Å². The fourth-order valence-corrected chi connectivity index (χ4v) is 17.1. The predicted molar refractivity (Wildman–Crippen MR) is 192 cm³/mol. The zero-order valence-electron chi connectivity index (χ0n) is 27.1. The third-order valence-corrected chi connectivity index (χ3v) is 18.0. The maximum atomic E-state index is 2.53. The van der Waals surface area contributed by atoms with E-state index in [4.69, 9.17) is 0 Å². The molecule has 48 heavy (non-hydrogen) atoms. The molecule has 0 saturated heterocycles. The van der Waals surface area contributed by atoms with Crippen LogP contribution in [0.1, 0.15) is 54.6 Å². The van der Waals surface area contributed by atoms with Crippen LogP contribution in [0.25, 0.3) is 22.3 Å². The monoisotopic (exact) mass is 736 g/mol. The van der Waals surface area contributed by atoms with Gasteiger partial charge in [-0.05, 0) is 0 Å². The van der Waals surface area contributed by atoms with Gasteiger partial charge in [-0.25, -0.2) is 0 Å². The summed E-state index contributed by atoms with van der Waals surface area (Å²) < 4.78 is 3.63. The SMILES string of the molecule is Cc1ccc2c(c1)[CH]([Zr+2]([C]1=C(c3ccccc3)C=C(c3ccccc3)C1)=[C](c1ccccc1)c1ccccc1)c1cc(C)ccc1-2.[Cl-].[Cl-]. The molecule has 0 nitrogen and oxygen atoms in total. The Hall–Kier alpha value is -3.87. The Labute approximate surface area is 304 Å². The number of allylic oxidation sites excluding steroid dienone is 4. The van der Waals surface area contributed by atoms with Gasteiger partial charge >= 0.3 is 282 Å². The van der Waals surface area contributed by atoms with E-state index in [0.29, 0.717) is 3.63 Å². The summed E-state index contributed by atoms with van der Waals surface area (Å²) in [6, 6.07) is 59.2. The molecule has 0 heterocycles. The smallest absolute Gasteiger partial charge is 1.00 e. The minimum Gasteiger partial charge on any atom is -1.00 e. The molecule has 234 valence electrons. The van der Waals surface area contributed by atoms with Crippen molar-refractivity contribution >= 4 is 14.4 Å². The van der Waals surface area contributed by atoms with Gasteiger partial charge in [-0.15, -0.1) is 0 Å². The molecule has 0 saturated carbocycles. The Kier molecular flexibility index (Phi) is 10.4. The van der Waals surface area contributed by atoms with Crippen LogP contribution >= 0.6 is 0 Å². The molecule has 0 N–H and O–H groups in total. The summed E-state index contributed by atoms with van der Waals surface area (Å²) >= 11 is -2.97. The Balaban J connectivity index is 0.00000201. The second-order valence-electron chi connectivity index (χ2n) is 12.6. The number of hydrogen-bond donors (Lipinski definition) is 0. The van der Waals surface area contributed by atoms with Gasteiger partial charge in [0.05, 0.1) is 0 Å². The molecule has 2 aliphatic rings. The minimum absolute atomic E-state index is 0. The van der Waals surface area contributed by atoms with Crippen LogP contribution in [-0.2, 0) is 21.3 Å². The second kappa shape index (κ2) is 14.7. The number of halogens is 2. The molecule has 0 amide bonds. The molecule has 2 aliphatic carbocycles. The van der Waals surface area contributed by atoms with Crippen molar-refractivity contribution < 1.29 is 46.1 Å². The normalized spacial score (nSPS) is 13.0. The standard InChI is InChI=1S/C17H13.C15H13.C13H10.2ClH.Zr/c1-3-7-14(8-4-1)16-11-12-17(13-16)15-9-5-2-6-10-15;1-10-3-5-14-12(7-10)9-13-8-11(2)4-6-15(13)14;1-3-7-12(8-4-1)11-13-9-5-2-6-10-13;;;/h1-10,13H,11H2;3-9H,1-2H3;1-10H;2*1H;/q;;;;;+2/p-2. The zero-order valence-corrected chi connectivity index (χ0v) is 31.1. The third-order valence-electron chi connectivity index (χ3n) is 9.57. The first-order valence-corrected chi connectivity index (χ1v) is 20.1. The van der Waals surface area contributed by atoms with Gasteiger partial charge in [0.15, 0.2) is 0 Å². The summed E-state index contributed by atoms with van der Waals surface area (Å²) in [5, 5.41) is 0. The molecule has 0 bridgehead atoms. The van der Waals surface area contributed by atoms with Gasteiger partial charge in [0, 0.05) is 0 Å². The van der Waals surface area contributed by atoms with E-state index in [1.54, 1.807) is 6.49 Å². The van der Waals surface area contributed by atoms with E-state index in [9.17, 15) is 0 Å². The molecular weight excluding hydrogens is 703 g/mol. The van der Waals surface area contributed by atoms with E-state index in [1.165, 1.54) is 66.8 Å². The number of hydrogen-bond acceptors (Lipinski definition) is 0. The van der Waals surface area contributed by atoms with Gasteiger partial charge in [-0.1, -0.05) is 0 Å². The number of aryl methyl sites for hydroxylation is 2. The number of benzene rings is 6. The molecule has 0 spiro atoms. The summed E-state index contributed by atoms with van der Waals surface area (Å²) in [4.78, 5) is 0. The van der Waals surface area contributed by atoms with Gasteiger partial charge in [-0.2, -0.15) is 0 Å². The van der Waals surface area contributed by atoms with Crippen molar-refractivity contribution in [2.45, 2.75) is 23.9 Å². The fourth-order valence-electron chi connectivity index (χ4n) is 7.52. The average Bonchev–Trinajstić information content (AvgIpc) is 3.68. The minimum atomic E-state index is -2.97. The van der Waals surface area contributed by atoms with Crippen molar-refractivity contribution in [1.29, 1.82) is 0 Å². The first kappa shape index (κ1) is 34.0. The van der Waals surface area contributed by atoms with Crippen LogP contribution in [0.4, 0.5) is 0 Å². The largest absolute Gasteiger partial charge is 1.00 e. The maximum Gasteiger partial charge on any atom is -1.00 e. The van der Waals surface area contributed by atoms with Crippen molar-refractivity contribution in [2.24, 2.45) is 0 Å². The van der Waals surface area contributed by atoms with Gasteiger partial charge < -0.3 is 24.8 Å². The van der Waals surface area contributed by atoms with E-state index in [0.717, 1.165) is 6.42 Å². The van der Waals surface area contributed by atoms with E-state index in [-0.39, 0.29) is 24.8 Å². The van der Waals surface area contributed by atoms with Crippen molar-refractivity contribution in [1.82, 2.24) is 0 Å². The fraction of sp³-hybridized carbons (Fsp3) is 0.0889. The summed E-state index contributed by atoms with van der Waals surface area (Å²) in [5.74, 6) is 0. The van der Waals surface area contributed by atoms with Gasteiger partial charge in [0.1, 0.15) is 0 Å². The third kappa shape index (κ3) is 6.33. The first-order chi connectivity index (χ1) is 22.7. The van der Waals surface area contributed by atoms with Gasteiger partial charge in [-0.3, -0.25) is 0 Å². The van der Waals surface area contributed by atoms with Crippen molar-refractivity contribution in [3.8, 4) is 11.1 Å². The Morgan fingerprint density at radius 1 is 0.521 bits per heavy atom. The molecule has 0 fully saturated rings. The molecule has 0 atom stereocenters. The molecule has 3 heteroatoms. The average molecular weight is 739 g/mol. The van der Waals surface area contributed by atoms with Crippen LogP contribution in [0.15, 0.2) is 167 Å². The van der Waals surface area contributed by atoms with E-state index < -0.39 is 21.3 Å². The number of rotatable bonds is 6. The topological polar surface area (TPSA) is 0 Å². The summed E-state index contributed by atoms with van der Waals surface area (Å²) in [7, 11) is 0. The quantitative estimate of drug-likeness (QED) is 0.222. The number of fused-ring (bicyclic) bond motifs is 3. The molecule has 8 rings (SSSR count). The van der Waals surface area contributed by atoms with Gasteiger partial charge in [0.25, 0.3) is 0 Å². The van der Waals surface area contributed by atoms with Crippen LogP contribution in [0.3, 0.4) is 0 Å². The Bertz CT molecular complexity index is 2070. The van der Waals surface area contributed by atoms with Crippen molar-refractivity contribution in [3.05, 3.63) is 212 Å². The summed E-state index contributed by atoms with van der Waals surface area (Å²) in [5.41, 5.74) is 16.8. The maximum absolute atomic E-state index is 2.97. The molecule has 0 radical (unpaired) electrons. The predicted octanol–water partition coefficient (Wildman–Crippen LogP) is 5.17. The van der Waals surface area contributed by atoms with Crippen molar-refractivity contribution in [2.75, 3.05) is 0 Å². The summed E-state index contributed by atoms with van der Waals surface area (Å²) in [6.07, 6.45) is 3.52. The zero-order chi connectivity index (χ0) is 31.0. The Morgan fingerprint density at radius 3 is 1.44 bits per heavy atom. The Morgan fingerprint density at radius 2 is 0.958 bits per heavy atom. The molecule has 0 aromatic heterocycles. The molecule has 0 unspecified atom stereocenters. The van der Waals surface area contributed by atoms with Crippen molar-refractivity contribution in [3.63, 3.8) is 0 Å². The second-order valence-corrected chi connectivity index (χ2v) is 18.8. The van der Waals surface area contributed by atoms with Crippen LogP contribution in [0.2, 0.25) is 0 Å². The van der Waals surface area contributed by atoms with Crippen LogP contribution in [-0.4, -0.2) is 3.21 Å². The molecule has 0 aliphatic heterocycles. The van der Waals surface area contributed by atoms with Gasteiger partial charge in [0.2, 0.25) is 0 Å². The van der Waals surface area contributed by atoms with E-state index in [2.05, 4.69) is 178 Å². The molecule has 6 aromatic carbocycles. The first-order valence-electron chi connectivity index (χ1n) is 16.3. The summed E-state index contributed by atoms with van der Waals surface area (Å²) in [6.45, 7) is 4.51. The van der Waals surface area contributed by atoms with Crippen LogP contribution in [0.5, 0.6) is 0 Å².